The van der Waals surface area contributed by atoms with Crippen LogP contribution in [0.25, 0.3) is 0 Å². The summed E-state index contributed by atoms with van der Waals surface area (Å²) in [6, 6.07) is 5.84. The zero-order valence-electron chi connectivity index (χ0n) is 17.3. The van der Waals surface area contributed by atoms with Gasteiger partial charge in [-0.15, -0.1) is 11.3 Å². The average Bonchev–Trinajstić information content (AvgIpc) is 3.20. The molecule has 2 aliphatic rings. The van der Waals surface area contributed by atoms with Crippen LogP contribution in [0.2, 0.25) is 0 Å². The van der Waals surface area contributed by atoms with Crippen molar-refractivity contribution >= 4 is 28.1 Å². The number of nitrogens with zero attached hydrogens (tertiary/aromatic N) is 1. The lowest BCUT2D eigenvalue weighted by molar-refractivity contribution is -0.121. The first-order valence-corrected chi connectivity index (χ1v) is 10.8. The van der Waals surface area contributed by atoms with E-state index in [2.05, 4.69) is 48.6 Å². The highest BCUT2D eigenvalue weighted by atomic mass is 32.1. The smallest absolute Gasteiger partial charge is 0.231 e. The van der Waals surface area contributed by atoms with Crippen LogP contribution in [0.15, 0.2) is 23.6 Å². The van der Waals surface area contributed by atoms with Crippen molar-refractivity contribution in [3.63, 3.8) is 0 Å². The number of rotatable bonds is 5. The lowest BCUT2D eigenvalue weighted by Crippen LogP contribution is -2.62. The molecule has 0 unspecified atom stereocenters. The van der Waals surface area contributed by atoms with Crippen molar-refractivity contribution < 1.29 is 14.3 Å². The van der Waals surface area contributed by atoms with Gasteiger partial charge in [0.1, 0.15) is 0 Å². The fraction of sp³-hybridized carbons (Fsp3) is 0.524. The Hall–Kier alpha value is -2.32. The number of hydrogen-bond donors (Lipinski definition) is 3. The molecule has 3 N–H and O–H groups in total. The summed E-state index contributed by atoms with van der Waals surface area (Å²) < 4.78 is 10.7. The van der Waals surface area contributed by atoms with Crippen molar-refractivity contribution in [1.82, 2.24) is 15.6 Å². The Labute approximate surface area is 175 Å². The van der Waals surface area contributed by atoms with Gasteiger partial charge in [-0.2, -0.15) is 0 Å². The van der Waals surface area contributed by atoms with E-state index < -0.39 is 0 Å². The number of benzene rings is 1. The quantitative estimate of drug-likeness (QED) is 0.691. The fourth-order valence-corrected chi connectivity index (χ4v) is 5.14. The van der Waals surface area contributed by atoms with Gasteiger partial charge in [0.2, 0.25) is 12.7 Å². The lowest BCUT2D eigenvalue weighted by Gasteiger charge is -2.46. The number of thiazole rings is 1. The van der Waals surface area contributed by atoms with E-state index in [0.717, 1.165) is 40.9 Å². The molecule has 7 nitrogen and oxygen atoms in total. The topological polar surface area (TPSA) is 84.5 Å². The van der Waals surface area contributed by atoms with Crippen molar-refractivity contribution in [3.8, 4) is 11.5 Å². The second-order valence-corrected chi connectivity index (χ2v) is 9.94. The predicted molar refractivity (Wildman–Crippen MR) is 114 cm³/mol. The highest BCUT2D eigenvalue weighted by Crippen LogP contribution is 2.35. The standard InChI is InChI=1S/C21H28N4O3S/c1-20(2)9-15(10-21(3,4)25-20)22-18(26)8-14-11-29-19(24-14)23-13-5-6-16-17(7-13)28-12-27-16/h5-7,11,15,25H,8-10,12H2,1-4H3,(H,22,26)(H,23,24). The molecule has 2 aliphatic heterocycles. The number of ether oxygens (including phenoxy) is 2. The molecule has 0 aliphatic carbocycles. The number of anilines is 2. The van der Waals surface area contributed by atoms with Crippen LogP contribution in [0.3, 0.4) is 0 Å². The maximum absolute atomic E-state index is 12.6. The first kappa shape index (κ1) is 20.0. The first-order chi connectivity index (χ1) is 13.7. The third-order valence-electron chi connectivity index (χ3n) is 5.07. The Morgan fingerprint density at radius 3 is 2.69 bits per heavy atom. The van der Waals surface area contributed by atoms with Gasteiger partial charge in [0.25, 0.3) is 0 Å². The van der Waals surface area contributed by atoms with Gasteiger partial charge in [-0.05, 0) is 52.7 Å². The Morgan fingerprint density at radius 1 is 1.21 bits per heavy atom. The van der Waals surface area contributed by atoms with Crippen LogP contribution in [-0.4, -0.2) is 34.8 Å². The number of carbonyl (C=O) groups is 1. The maximum atomic E-state index is 12.6. The van der Waals surface area contributed by atoms with E-state index in [1.807, 2.05) is 23.6 Å². The Morgan fingerprint density at radius 2 is 1.93 bits per heavy atom. The summed E-state index contributed by atoms with van der Waals surface area (Å²) in [5, 5.41) is 12.8. The molecule has 0 spiro atoms. The van der Waals surface area contributed by atoms with Crippen molar-refractivity contribution in [2.24, 2.45) is 0 Å². The van der Waals surface area contributed by atoms with E-state index in [1.165, 1.54) is 11.3 Å². The molecule has 2 aromatic rings. The Bertz CT molecular complexity index is 893. The van der Waals surface area contributed by atoms with Gasteiger partial charge < -0.3 is 25.4 Å². The van der Waals surface area contributed by atoms with Gasteiger partial charge in [-0.1, -0.05) is 0 Å². The van der Waals surface area contributed by atoms with Crippen molar-refractivity contribution in [1.29, 1.82) is 0 Å². The number of hydrogen-bond acceptors (Lipinski definition) is 7. The Balaban J connectivity index is 1.33. The summed E-state index contributed by atoms with van der Waals surface area (Å²) in [5.74, 6) is 1.48. The van der Waals surface area contributed by atoms with Gasteiger partial charge in [0.05, 0.1) is 12.1 Å². The summed E-state index contributed by atoms with van der Waals surface area (Å²) >= 11 is 1.48. The predicted octanol–water partition coefficient (Wildman–Crippen LogP) is 3.58. The van der Waals surface area contributed by atoms with E-state index in [0.29, 0.717) is 0 Å². The Kier molecular flexibility index (Phi) is 5.16. The molecular formula is C21H28N4O3S. The molecular weight excluding hydrogens is 388 g/mol. The van der Waals surface area contributed by atoms with E-state index in [-0.39, 0.29) is 36.2 Å². The first-order valence-electron chi connectivity index (χ1n) is 9.87. The number of nitrogens with one attached hydrogen (secondary N) is 3. The number of fused-ring (bicyclic) bond motifs is 1. The van der Waals surface area contributed by atoms with E-state index in [4.69, 9.17) is 9.47 Å². The molecule has 156 valence electrons. The minimum absolute atomic E-state index is 0.00202. The van der Waals surface area contributed by atoms with Crippen LogP contribution in [0.1, 0.15) is 46.2 Å². The molecule has 8 heteroatoms. The molecule has 0 bridgehead atoms. The minimum Gasteiger partial charge on any atom is -0.454 e. The summed E-state index contributed by atoms with van der Waals surface area (Å²) in [6.45, 7) is 8.98. The van der Waals surface area contributed by atoms with Gasteiger partial charge in [0, 0.05) is 34.3 Å². The maximum Gasteiger partial charge on any atom is 0.231 e. The second kappa shape index (κ2) is 7.50. The van der Waals surface area contributed by atoms with Crippen LogP contribution >= 0.6 is 11.3 Å². The molecule has 0 radical (unpaired) electrons. The van der Waals surface area contributed by atoms with Crippen molar-refractivity contribution in [3.05, 3.63) is 29.3 Å². The zero-order valence-corrected chi connectivity index (χ0v) is 18.1. The van der Waals surface area contributed by atoms with Crippen LogP contribution in [-0.2, 0) is 11.2 Å². The molecule has 29 heavy (non-hydrogen) atoms. The SMILES string of the molecule is CC1(C)CC(NC(=O)Cc2csc(Nc3ccc4c(c3)OCO4)n2)CC(C)(C)N1. The van der Waals surface area contributed by atoms with E-state index in [9.17, 15) is 4.79 Å². The number of carbonyl (C=O) groups excluding carboxylic acids is 1. The molecule has 1 fully saturated rings. The molecule has 1 saturated heterocycles. The summed E-state index contributed by atoms with van der Waals surface area (Å²) in [4.78, 5) is 17.1. The molecule has 0 atom stereocenters. The molecule has 1 amide bonds. The average molecular weight is 417 g/mol. The van der Waals surface area contributed by atoms with Crippen molar-refractivity contribution in [2.45, 2.75) is 64.1 Å². The van der Waals surface area contributed by atoms with Crippen LogP contribution in [0.5, 0.6) is 11.5 Å². The van der Waals surface area contributed by atoms with Gasteiger partial charge in [-0.3, -0.25) is 4.79 Å². The summed E-state index contributed by atoms with van der Waals surface area (Å²) in [7, 11) is 0. The van der Waals surface area contributed by atoms with Crippen LogP contribution in [0.4, 0.5) is 10.8 Å². The van der Waals surface area contributed by atoms with Crippen LogP contribution < -0.4 is 25.4 Å². The normalized spacial score (nSPS) is 19.7. The molecule has 3 heterocycles. The fourth-order valence-electron chi connectivity index (χ4n) is 4.41. The van der Waals surface area contributed by atoms with E-state index in [1.54, 1.807) is 0 Å². The van der Waals surface area contributed by atoms with Crippen LogP contribution in [0, 0.1) is 0 Å². The van der Waals surface area contributed by atoms with E-state index >= 15 is 0 Å². The number of aromatic nitrogens is 1. The second-order valence-electron chi connectivity index (χ2n) is 9.08. The molecule has 4 rings (SSSR count). The number of amides is 1. The third kappa shape index (κ3) is 5.00. The summed E-state index contributed by atoms with van der Waals surface area (Å²) in [6.07, 6.45) is 2.11. The largest absolute Gasteiger partial charge is 0.454 e. The molecule has 1 aromatic heterocycles. The highest BCUT2D eigenvalue weighted by molar-refractivity contribution is 7.13. The van der Waals surface area contributed by atoms with Gasteiger partial charge in [0.15, 0.2) is 16.6 Å². The highest BCUT2D eigenvalue weighted by Gasteiger charge is 2.38. The molecule has 0 saturated carbocycles. The van der Waals surface area contributed by atoms with Gasteiger partial charge >= 0.3 is 0 Å². The van der Waals surface area contributed by atoms with Crippen molar-refractivity contribution in [2.75, 3.05) is 12.1 Å². The lowest BCUT2D eigenvalue weighted by atomic mass is 9.79. The van der Waals surface area contributed by atoms with Gasteiger partial charge in [-0.25, -0.2) is 4.98 Å². The monoisotopic (exact) mass is 416 g/mol. The minimum atomic E-state index is 0.00202. The number of piperidine rings is 1. The third-order valence-corrected chi connectivity index (χ3v) is 5.88. The summed E-state index contributed by atoms with van der Waals surface area (Å²) in [5.41, 5.74) is 1.64. The zero-order chi connectivity index (χ0) is 20.6. The molecule has 1 aromatic carbocycles.